The van der Waals surface area contributed by atoms with E-state index in [4.69, 9.17) is 4.42 Å². The number of anilines is 1. The fourth-order valence-electron chi connectivity index (χ4n) is 1.76. The normalized spacial score (nSPS) is 11.5. The molecule has 2 amide bonds. The summed E-state index contributed by atoms with van der Waals surface area (Å²) in [5.41, 5.74) is 1.85. The Balaban J connectivity index is 1.92. The van der Waals surface area contributed by atoms with E-state index in [1.54, 1.807) is 32.0 Å². The standard InChI is InChI=1S/C13H17N3O4S/c1-3-21(18,19)7-6-14-13(17)16-10-4-5-11-12(8-10)20-9(2)15-11/h4-5,8H,3,6-7H2,1-2H3,(H2,14,16,17). The third-order valence-electron chi connectivity index (χ3n) is 2.89. The second kappa shape index (κ2) is 6.13. The molecule has 114 valence electrons. The molecule has 21 heavy (non-hydrogen) atoms. The maximum atomic E-state index is 11.7. The zero-order valence-corrected chi connectivity index (χ0v) is 12.7. The number of nitrogens with one attached hydrogen (secondary N) is 2. The van der Waals surface area contributed by atoms with Crippen molar-refractivity contribution in [1.29, 1.82) is 0 Å². The van der Waals surface area contributed by atoms with Crippen molar-refractivity contribution in [1.82, 2.24) is 10.3 Å². The first kappa shape index (κ1) is 15.3. The van der Waals surface area contributed by atoms with Gasteiger partial charge in [-0.1, -0.05) is 6.92 Å². The van der Waals surface area contributed by atoms with Gasteiger partial charge in [0.25, 0.3) is 0 Å². The van der Waals surface area contributed by atoms with E-state index in [2.05, 4.69) is 15.6 Å². The van der Waals surface area contributed by atoms with E-state index in [9.17, 15) is 13.2 Å². The third-order valence-corrected chi connectivity index (χ3v) is 4.60. The van der Waals surface area contributed by atoms with Crippen molar-refractivity contribution in [2.75, 3.05) is 23.4 Å². The van der Waals surface area contributed by atoms with Crippen molar-refractivity contribution in [3.8, 4) is 0 Å². The number of amides is 2. The van der Waals surface area contributed by atoms with Gasteiger partial charge in [0.05, 0.1) is 5.75 Å². The first-order valence-electron chi connectivity index (χ1n) is 6.52. The number of hydrogen-bond donors (Lipinski definition) is 2. The van der Waals surface area contributed by atoms with Crippen LogP contribution in [0.15, 0.2) is 22.6 Å². The Morgan fingerprint density at radius 1 is 1.38 bits per heavy atom. The Bertz CT molecular complexity index is 752. The first-order valence-corrected chi connectivity index (χ1v) is 8.34. The molecule has 2 aromatic rings. The molecule has 0 aliphatic carbocycles. The predicted molar refractivity (Wildman–Crippen MR) is 80.1 cm³/mol. The van der Waals surface area contributed by atoms with Crippen molar-refractivity contribution in [2.45, 2.75) is 13.8 Å². The Morgan fingerprint density at radius 2 is 2.14 bits per heavy atom. The van der Waals surface area contributed by atoms with Crippen molar-refractivity contribution in [3.63, 3.8) is 0 Å². The van der Waals surface area contributed by atoms with Crippen LogP contribution in [0.2, 0.25) is 0 Å². The van der Waals surface area contributed by atoms with Crippen LogP contribution in [0.1, 0.15) is 12.8 Å². The molecule has 0 atom stereocenters. The lowest BCUT2D eigenvalue weighted by molar-refractivity contribution is 0.252. The number of carbonyl (C=O) groups is 1. The fourth-order valence-corrected chi connectivity index (χ4v) is 2.46. The molecule has 0 saturated heterocycles. The SMILES string of the molecule is CCS(=O)(=O)CCNC(=O)Nc1ccc2nc(C)oc2c1. The number of hydrogen-bond acceptors (Lipinski definition) is 5. The van der Waals surface area contributed by atoms with E-state index in [0.29, 0.717) is 22.7 Å². The van der Waals surface area contributed by atoms with E-state index in [1.165, 1.54) is 0 Å². The number of fused-ring (bicyclic) bond motifs is 1. The summed E-state index contributed by atoms with van der Waals surface area (Å²) in [6.07, 6.45) is 0. The van der Waals surface area contributed by atoms with Crippen LogP contribution >= 0.6 is 0 Å². The van der Waals surface area contributed by atoms with Crippen LogP contribution in [0.4, 0.5) is 10.5 Å². The van der Waals surface area contributed by atoms with Crippen LogP contribution in [-0.2, 0) is 9.84 Å². The van der Waals surface area contributed by atoms with Gasteiger partial charge in [-0.2, -0.15) is 0 Å². The summed E-state index contributed by atoms with van der Waals surface area (Å²) >= 11 is 0. The van der Waals surface area contributed by atoms with Crippen LogP contribution in [0, 0.1) is 6.92 Å². The minimum Gasteiger partial charge on any atom is -0.441 e. The van der Waals surface area contributed by atoms with Crippen molar-refractivity contribution < 1.29 is 17.6 Å². The van der Waals surface area contributed by atoms with E-state index in [-0.39, 0.29) is 18.1 Å². The van der Waals surface area contributed by atoms with E-state index < -0.39 is 15.9 Å². The molecule has 0 saturated carbocycles. The van der Waals surface area contributed by atoms with Gasteiger partial charge in [0.15, 0.2) is 21.3 Å². The van der Waals surface area contributed by atoms with Crippen LogP contribution < -0.4 is 10.6 Å². The number of urea groups is 1. The van der Waals surface area contributed by atoms with Gasteiger partial charge in [0.1, 0.15) is 5.52 Å². The Hall–Kier alpha value is -2.09. The van der Waals surface area contributed by atoms with Crippen molar-refractivity contribution in [2.24, 2.45) is 0 Å². The van der Waals surface area contributed by atoms with Crippen LogP contribution in [0.25, 0.3) is 11.1 Å². The second-order valence-electron chi connectivity index (χ2n) is 4.53. The zero-order valence-electron chi connectivity index (χ0n) is 11.8. The van der Waals surface area contributed by atoms with E-state index in [1.807, 2.05) is 0 Å². The molecule has 1 aromatic heterocycles. The highest BCUT2D eigenvalue weighted by Crippen LogP contribution is 2.19. The molecule has 1 aromatic carbocycles. The largest absolute Gasteiger partial charge is 0.441 e. The number of sulfone groups is 1. The van der Waals surface area contributed by atoms with E-state index in [0.717, 1.165) is 0 Å². The number of oxazole rings is 1. The molecule has 2 rings (SSSR count). The van der Waals surface area contributed by atoms with Gasteiger partial charge in [-0.15, -0.1) is 0 Å². The molecular weight excluding hydrogens is 294 g/mol. The van der Waals surface area contributed by atoms with Crippen LogP contribution in [0.3, 0.4) is 0 Å². The summed E-state index contributed by atoms with van der Waals surface area (Å²) in [7, 11) is -3.08. The van der Waals surface area contributed by atoms with E-state index >= 15 is 0 Å². The topological polar surface area (TPSA) is 101 Å². The van der Waals surface area contributed by atoms with Crippen molar-refractivity contribution >= 4 is 32.7 Å². The highest BCUT2D eigenvalue weighted by molar-refractivity contribution is 7.91. The lowest BCUT2D eigenvalue weighted by atomic mass is 10.3. The van der Waals surface area contributed by atoms with Gasteiger partial charge in [0.2, 0.25) is 0 Å². The molecule has 0 unspecified atom stereocenters. The molecule has 0 radical (unpaired) electrons. The molecule has 0 bridgehead atoms. The summed E-state index contributed by atoms with van der Waals surface area (Å²) < 4.78 is 28.0. The zero-order chi connectivity index (χ0) is 15.5. The van der Waals surface area contributed by atoms with Crippen LogP contribution in [0.5, 0.6) is 0 Å². The molecular formula is C13H17N3O4S. The van der Waals surface area contributed by atoms with Gasteiger partial charge in [0, 0.05) is 31.0 Å². The molecule has 1 heterocycles. The Labute approximate surface area is 122 Å². The van der Waals surface area contributed by atoms with Gasteiger partial charge < -0.3 is 15.1 Å². The molecule has 0 fully saturated rings. The lowest BCUT2D eigenvalue weighted by Crippen LogP contribution is -2.33. The van der Waals surface area contributed by atoms with Crippen molar-refractivity contribution in [3.05, 3.63) is 24.1 Å². The maximum Gasteiger partial charge on any atom is 0.319 e. The summed E-state index contributed by atoms with van der Waals surface area (Å²) in [5.74, 6) is 0.547. The Morgan fingerprint density at radius 3 is 2.86 bits per heavy atom. The first-order chi connectivity index (χ1) is 9.89. The summed E-state index contributed by atoms with van der Waals surface area (Å²) in [6, 6.07) is 4.64. The smallest absolute Gasteiger partial charge is 0.319 e. The molecule has 2 N–H and O–H groups in total. The number of nitrogens with zero attached hydrogens (tertiary/aromatic N) is 1. The number of aromatic nitrogens is 1. The molecule has 0 aliphatic heterocycles. The fraction of sp³-hybridized carbons (Fsp3) is 0.385. The van der Waals surface area contributed by atoms with Gasteiger partial charge in [-0.3, -0.25) is 0 Å². The summed E-state index contributed by atoms with van der Waals surface area (Å²) in [6.45, 7) is 3.39. The highest BCUT2D eigenvalue weighted by Gasteiger charge is 2.09. The maximum absolute atomic E-state index is 11.7. The quantitative estimate of drug-likeness (QED) is 0.875. The third kappa shape index (κ3) is 4.19. The summed E-state index contributed by atoms with van der Waals surface area (Å²) in [4.78, 5) is 15.8. The molecule has 8 heteroatoms. The Kier molecular flexibility index (Phi) is 4.46. The predicted octanol–water partition coefficient (Wildman–Crippen LogP) is 1.69. The molecule has 0 spiro atoms. The second-order valence-corrected chi connectivity index (χ2v) is 7.01. The highest BCUT2D eigenvalue weighted by atomic mass is 32.2. The lowest BCUT2D eigenvalue weighted by Gasteiger charge is -2.07. The average molecular weight is 311 g/mol. The van der Waals surface area contributed by atoms with Gasteiger partial charge in [-0.05, 0) is 12.1 Å². The van der Waals surface area contributed by atoms with Gasteiger partial charge >= 0.3 is 6.03 Å². The van der Waals surface area contributed by atoms with Gasteiger partial charge in [-0.25, -0.2) is 18.2 Å². The number of rotatable bonds is 5. The number of benzene rings is 1. The monoisotopic (exact) mass is 311 g/mol. The summed E-state index contributed by atoms with van der Waals surface area (Å²) in [5, 5.41) is 5.11. The number of aryl methyl sites for hydroxylation is 1. The minimum atomic E-state index is -3.08. The minimum absolute atomic E-state index is 0.0673. The van der Waals surface area contributed by atoms with Crippen LogP contribution in [-0.4, -0.2) is 37.5 Å². The molecule has 0 aliphatic rings. The molecule has 7 nitrogen and oxygen atoms in total. The average Bonchev–Trinajstić information content (AvgIpc) is 2.78. The number of carbonyl (C=O) groups excluding carboxylic acids is 1.